The zero-order chi connectivity index (χ0) is 49.9. The Labute approximate surface area is 417 Å². The molecule has 3 N–H and O–H groups in total. The first-order valence-corrected chi connectivity index (χ1v) is 26.8. The van der Waals surface area contributed by atoms with Crippen LogP contribution in [0.2, 0.25) is 0 Å². The summed E-state index contributed by atoms with van der Waals surface area (Å²) in [5.74, 6) is 0.917. The van der Waals surface area contributed by atoms with Gasteiger partial charge in [0.05, 0.1) is 51.6 Å². The van der Waals surface area contributed by atoms with Crippen LogP contribution < -0.4 is 40.7 Å². The van der Waals surface area contributed by atoms with Gasteiger partial charge in [0.1, 0.15) is 30.3 Å². The van der Waals surface area contributed by atoms with Crippen LogP contribution in [-0.2, 0) is 23.5 Å². The lowest BCUT2D eigenvalue weighted by Gasteiger charge is -2.40. The Bertz CT molecular complexity index is 3290. The molecule has 18 nitrogen and oxygen atoms in total. The second-order valence-electron chi connectivity index (χ2n) is 18.8. The van der Waals surface area contributed by atoms with Gasteiger partial charge in [-0.05, 0) is 91.3 Å². The highest BCUT2D eigenvalue weighted by Gasteiger charge is 2.31. The van der Waals surface area contributed by atoms with E-state index in [1.807, 2.05) is 37.6 Å². The van der Waals surface area contributed by atoms with Crippen molar-refractivity contribution < 1.29 is 27.7 Å². The first-order valence-electron chi connectivity index (χ1n) is 23.4. The van der Waals surface area contributed by atoms with E-state index < -0.39 is 19.0 Å². The third-order valence-electron chi connectivity index (χ3n) is 13.6. The van der Waals surface area contributed by atoms with Gasteiger partial charge in [-0.3, -0.25) is 34.3 Å². The van der Waals surface area contributed by atoms with Crippen LogP contribution in [0.5, 0.6) is 5.75 Å². The van der Waals surface area contributed by atoms with Gasteiger partial charge in [-0.1, -0.05) is 0 Å². The highest BCUT2D eigenvalue weighted by molar-refractivity contribution is 9.10. The summed E-state index contributed by atoms with van der Waals surface area (Å²) >= 11 is 3.58. The van der Waals surface area contributed by atoms with Crippen molar-refractivity contribution in [3.63, 3.8) is 0 Å². The Morgan fingerprint density at radius 3 is 2.32 bits per heavy atom. The van der Waals surface area contributed by atoms with Gasteiger partial charge in [-0.25, -0.2) is 18.6 Å². The molecule has 0 saturated carbocycles. The number of aryl methyl sites for hydroxylation is 3. The van der Waals surface area contributed by atoms with E-state index in [1.54, 1.807) is 62.1 Å². The quantitative estimate of drug-likeness (QED) is 0.100. The number of hydrogen-bond acceptors (Lipinski definition) is 14. The molecule has 3 aliphatic rings. The van der Waals surface area contributed by atoms with Crippen LogP contribution in [0.3, 0.4) is 0 Å². The normalized spacial score (nSPS) is 16.3. The minimum atomic E-state index is -2.95. The van der Waals surface area contributed by atoms with Crippen LogP contribution in [-0.4, -0.2) is 124 Å². The first kappa shape index (κ1) is 48.0. The number of anilines is 7. The van der Waals surface area contributed by atoms with Crippen molar-refractivity contribution in [2.45, 2.75) is 26.2 Å². The number of halogens is 3. The van der Waals surface area contributed by atoms with Crippen LogP contribution >= 0.6 is 23.1 Å². The highest BCUT2D eigenvalue weighted by atomic mass is 79.9. The summed E-state index contributed by atoms with van der Waals surface area (Å²) in [7, 11) is 2.34. The van der Waals surface area contributed by atoms with Crippen molar-refractivity contribution in [3.8, 4) is 16.9 Å². The molecule has 4 aromatic heterocycles. The summed E-state index contributed by atoms with van der Waals surface area (Å²) in [5, 5.41) is 19.5. The molecule has 3 fully saturated rings. The molecular formula is C49H54BrF2N14O4P. The van der Waals surface area contributed by atoms with Crippen molar-refractivity contribution in [1.29, 1.82) is 0 Å². The summed E-state index contributed by atoms with van der Waals surface area (Å²) in [6.07, 6.45) is 7.59. The number of carbonyl (C=O) groups excluding carboxylic acids is 2. The Balaban J connectivity index is 0.819. The van der Waals surface area contributed by atoms with Crippen LogP contribution in [0.4, 0.5) is 53.9 Å². The van der Waals surface area contributed by atoms with E-state index in [0.29, 0.717) is 85.0 Å². The highest BCUT2D eigenvalue weighted by Crippen LogP contribution is 2.44. The van der Waals surface area contributed by atoms with Crippen LogP contribution in [0, 0.1) is 24.5 Å². The van der Waals surface area contributed by atoms with E-state index in [4.69, 9.17) is 9.72 Å². The molecule has 0 unspecified atom stereocenters. The van der Waals surface area contributed by atoms with E-state index in [0.717, 1.165) is 62.4 Å². The fourth-order valence-corrected chi connectivity index (χ4v) is 11.7. The molecule has 0 aliphatic carbocycles. The Morgan fingerprint density at radius 1 is 0.873 bits per heavy atom. The molecular weight excluding hydrogens is 998 g/mol. The van der Waals surface area contributed by atoms with Gasteiger partial charge in [0.15, 0.2) is 5.82 Å². The number of aromatic nitrogens is 7. The number of hydrogen-bond donors (Lipinski definition) is 3. The molecule has 7 heterocycles. The lowest BCUT2D eigenvalue weighted by Crippen LogP contribution is -2.49. The average Bonchev–Trinajstić information content (AvgIpc) is 3.91. The summed E-state index contributed by atoms with van der Waals surface area (Å²) in [4.78, 5) is 46.5. The molecule has 10 rings (SSSR count). The predicted octanol–water partition coefficient (Wildman–Crippen LogP) is 7.89. The van der Waals surface area contributed by atoms with Crippen molar-refractivity contribution in [2.75, 3.05) is 98.1 Å². The standard InChI is InChI=1S/C49H54BrF2N14O4P/c1-28-35(51)19-32-37(55-28)7-8-38(45(32)71(5,6)69)56-46-34(50)25-53-48(59-46)57-39-21-31(30-24-54-61(2)27-30)41(23-43(39)70-4)64-12-9-29(10-13-64)26-63-15-17-65(18-16-63)42-22-40-33(20-36(42)52)47(60-62(40)3)66-14-11-44(67)58-49(66)68/h7-8,19-25,27,29H,9-18,26H2,1-6H3,(H,58,67,68)(H2,53,56,57,59). The van der Waals surface area contributed by atoms with Gasteiger partial charge in [0.2, 0.25) is 11.9 Å². The number of piperazine rings is 1. The van der Waals surface area contributed by atoms with E-state index in [-0.39, 0.29) is 36.3 Å². The number of rotatable bonds is 12. The number of urea groups is 1. The smallest absolute Gasteiger partial charge is 0.329 e. The van der Waals surface area contributed by atoms with E-state index in [9.17, 15) is 18.5 Å². The van der Waals surface area contributed by atoms with Crippen LogP contribution in [0.25, 0.3) is 32.9 Å². The predicted molar refractivity (Wildman–Crippen MR) is 277 cm³/mol. The van der Waals surface area contributed by atoms with Gasteiger partial charge in [0, 0.05) is 124 Å². The number of methoxy groups -OCH3 is 1. The van der Waals surface area contributed by atoms with E-state index in [2.05, 4.69) is 66.7 Å². The molecule has 0 atom stereocenters. The first-order chi connectivity index (χ1) is 34.0. The molecule has 3 aliphatic heterocycles. The number of amides is 3. The number of fused-ring (bicyclic) bond motifs is 2. The minimum absolute atomic E-state index is 0.155. The monoisotopic (exact) mass is 1050 g/mol. The summed E-state index contributed by atoms with van der Waals surface area (Å²) in [6, 6.07) is 11.7. The van der Waals surface area contributed by atoms with E-state index >= 15 is 4.39 Å². The molecule has 22 heteroatoms. The molecule has 0 radical (unpaired) electrons. The SMILES string of the molecule is COc1cc(N2CCC(CN3CCN(c4cc5c(cc4F)c(N4CCC(=O)NC4=O)nn5C)CC3)CC2)c(-c2cnn(C)c2)cc1Nc1ncc(Br)c(Nc2ccc3nc(C)c(F)cc3c2P(C)(C)=O)n1. The lowest BCUT2D eigenvalue weighted by molar-refractivity contribution is -0.120. The molecule has 0 bridgehead atoms. The maximum atomic E-state index is 15.8. The summed E-state index contributed by atoms with van der Waals surface area (Å²) < 4.78 is 54.4. The second-order valence-corrected chi connectivity index (χ2v) is 22.8. The van der Waals surface area contributed by atoms with Gasteiger partial charge in [0.25, 0.3) is 0 Å². The minimum Gasteiger partial charge on any atom is -0.494 e. The van der Waals surface area contributed by atoms with Gasteiger partial charge in [-0.2, -0.15) is 15.2 Å². The van der Waals surface area contributed by atoms with Crippen molar-refractivity contribution >= 4 is 102 Å². The van der Waals surface area contributed by atoms with Crippen molar-refractivity contribution in [3.05, 3.63) is 82.9 Å². The van der Waals surface area contributed by atoms with Crippen molar-refractivity contribution in [1.82, 2.24) is 44.7 Å². The third kappa shape index (κ3) is 9.61. The Kier molecular flexibility index (Phi) is 12.9. The fourth-order valence-electron chi connectivity index (χ4n) is 9.98. The topological polar surface area (TPSA) is 184 Å². The zero-order valence-electron chi connectivity index (χ0n) is 40.3. The van der Waals surface area contributed by atoms with Gasteiger partial charge in [-0.15, -0.1) is 0 Å². The second kappa shape index (κ2) is 19.1. The average molecular weight is 1050 g/mol. The Morgan fingerprint density at radius 2 is 1.62 bits per heavy atom. The molecule has 3 amide bonds. The Hall–Kier alpha value is -6.70. The number of imide groups is 1. The number of nitrogens with zero attached hydrogens (tertiary/aromatic N) is 11. The summed E-state index contributed by atoms with van der Waals surface area (Å²) in [5.41, 5.74) is 6.12. The van der Waals surface area contributed by atoms with E-state index in [1.165, 1.54) is 17.0 Å². The number of pyridine rings is 1. The van der Waals surface area contributed by atoms with Gasteiger partial charge >= 0.3 is 6.03 Å². The number of piperidine rings is 1. The maximum absolute atomic E-state index is 15.8. The molecule has 370 valence electrons. The van der Waals surface area contributed by atoms with Crippen LogP contribution in [0.1, 0.15) is 25.0 Å². The van der Waals surface area contributed by atoms with Crippen LogP contribution in [0.15, 0.2) is 65.5 Å². The third-order valence-corrected chi connectivity index (χ3v) is 15.7. The zero-order valence-corrected chi connectivity index (χ0v) is 42.7. The molecule has 7 aromatic rings. The number of ether oxygens (including phenoxy) is 1. The number of nitrogens with one attached hydrogen (secondary N) is 3. The lowest BCUT2D eigenvalue weighted by atomic mass is 9.94. The molecule has 3 saturated heterocycles. The van der Waals surface area contributed by atoms with Gasteiger partial charge < -0.3 is 29.7 Å². The maximum Gasteiger partial charge on any atom is 0.329 e. The van der Waals surface area contributed by atoms with Crippen molar-refractivity contribution in [2.24, 2.45) is 20.0 Å². The molecule has 3 aromatic carbocycles. The fraction of sp³-hybridized carbons (Fsp3) is 0.367. The largest absolute Gasteiger partial charge is 0.494 e. The summed E-state index contributed by atoms with van der Waals surface area (Å²) in [6.45, 7) is 10.7. The molecule has 0 spiro atoms. The number of benzene rings is 3. The molecule has 71 heavy (non-hydrogen) atoms. The number of carbonyl (C=O) groups is 2.